The number of furan rings is 1. The van der Waals surface area contributed by atoms with Crippen molar-refractivity contribution in [1.82, 2.24) is 14.8 Å². The number of carbonyl (C=O) groups is 2. The van der Waals surface area contributed by atoms with Gasteiger partial charge in [0.1, 0.15) is 18.2 Å². The molecule has 38 heavy (non-hydrogen) atoms. The highest BCUT2D eigenvalue weighted by Gasteiger charge is 2.36. The van der Waals surface area contributed by atoms with E-state index in [-0.39, 0.29) is 36.4 Å². The van der Waals surface area contributed by atoms with Gasteiger partial charge in [0.25, 0.3) is 11.8 Å². The van der Waals surface area contributed by atoms with Crippen molar-refractivity contribution in [3.63, 3.8) is 0 Å². The number of rotatable bonds is 8. The van der Waals surface area contributed by atoms with Crippen LogP contribution in [0, 0.1) is 11.6 Å². The van der Waals surface area contributed by atoms with Crippen LogP contribution in [-0.2, 0) is 9.53 Å². The van der Waals surface area contributed by atoms with E-state index in [0.29, 0.717) is 25.5 Å². The van der Waals surface area contributed by atoms with Crippen LogP contribution in [0.4, 0.5) is 8.78 Å². The summed E-state index contributed by atoms with van der Waals surface area (Å²) in [5.74, 6) is -1.80. The molecule has 0 radical (unpaired) electrons. The van der Waals surface area contributed by atoms with Gasteiger partial charge in [-0.2, -0.15) is 5.10 Å². The normalized spacial score (nSPS) is 17.9. The Balaban J connectivity index is 1.41. The highest BCUT2D eigenvalue weighted by Crippen LogP contribution is 2.34. The van der Waals surface area contributed by atoms with Crippen LogP contribution < -0.4 is 0 Å². The molecule has 0 bridgehead atoms. The molecule has 198 valence electrons. The second-order valence-electron chi connectivity index (χ2n) is 9.16. The molecule has 0 saturated carbocycles. The first-order valence-corrected chi connectivity index (χ1v) is 12.5. The molecule has 3 heterocycles. The Morgan fingerprint density at radius 1 is 0.974 bits per heavy atom. The number of hydrazone groups is 1. The molecule has 2 aliphatic rings. The zero-order valence-corrected chi connectivity index (χ0v) is 20.8. The zero-order valence-electron chi connectivity index (χ0n) is 20.8. The van der Waals surface area contributed by atoms with Crippen molar-refractivity contribution in [3.05, 3.63) is 95.4 Å². The summed E-state index contributed by atoms with van der Waals surface area (Å²) in [6.45, 7) is 3.19. The third-order valence-corrected chi connectivity index (χ3v) is 6.75. The minimum absolute atomic E-state index is 0.113. The van der Waals surface area contributed by atoms with E-state index in [1.807, 2.05) is 0 Å². The molecular weight excluding hydrogens is 494 g/mol. The number of benzene rings is 2. The first-order valence-electron chi connectivity index (χ1n) is 12.5. The lowest BCUT2D eigenvalue weighted by atomic mass is 9.97. The van der Waals surface area contributed by atoms with Gasteiger partial charge in [0, 0.05) is 43.7 Å². The molecule has 0 N–H and O–H groups in total. The van der Waals surface area contributed by atoms with Crippen molar-refractivity contribution in [3.8, 4) is 0 Å². The van der Waals surface area contributed by atoms with Gasteiger partial charge in [0.2, 0.25) is 0 Å². The monoisotopic (exact) mass is 522 g/mol. The number of morpholine rings is 1. The van der Waals surface area contributed by atoms with Crippen LogP contribution in [0.25, 0.3) is 0 Å². The van der Waals surface area contributed by atoms with E-state index in [1.165, 1.54) is 28.3 Å². The average molecular weight is 523 g/mol. The van der Waals surface area contributed by atoms with Crippen LogP contribution >= 0.6 is 0 Å². The van der Waals surface area contributed by atoms with Crippen LogP contribution in [0.3, 0.4) is 0 Å². The molecular formula is C28H28F2N4O4. The first-order chi connectivity index (χ1) is 18.5. The Morgan fingerprint density at radius 2 is 1.71 bits per heavy atom. The van der Waals surface area contributed by atoms with Crippen molar-refractivity contribution in [2.75, 3.05) is 45.9 Å². The fourth-order valence-corrected chi connectivity index (χ4v) is 4.72. The second kappa shape index (κ2) is 11.7. The molecule has 2 aromatic carbocycles. The number of nitrogens with zero attached hydrogens (tertiary/aromatic N) is 4. The minimum atomic E-state index is -0.780. The smallest absolute Gasteiger partial charge is 0.290 e. The molecule has 0 spiro atoms. The van der Waals surface area contributed by atoms with E-state index in [0.717, 1.165) is 13.1 Å². The predicted molar refractivity (Wildman–Crippen MR) is 135 cm³/mol. The van der Waals surface area contributed by atoms with Crippen molar-refractivity contribution in [2.24, 2.45) is 5.10 Å². The maximum atomic E-state index is 14.8. The van der Waals surface area contributed by atoms with Gasteiger partial charge in [-0.1, -0.05) is 36.4 Å². The molecule has 1 aromatic heterocycles. The lowest BCUT2D eigenvalue weighted by Crippen LogP contribution is -2.46. The van der Waals surface area contributed by atoms with Crippen LogP contribution in [-0.4, -0.2) is 78.3 Å². The molecule has 5 rings (SSSR count). The molecule has 0 aliphatic carbocycles. The van der Waals surface area contributed by atoms with Crippen molar-refractivity contribution in [1.29, 1.82) is 0 Å². The summed E-state index contributed by atoms with van der Waals surface area (Å²) in [5, 5.41) is 5.63. The van der Waals surface area contributed by atoms with Gasteiger partial charge in [0.15, 0.2) is 5.76 Å². The van der Waals surface area contributed by atoms with Crippen LogP contribution in [0.15, 0.2) is 76.4 Å². The Morgan fingerprint density at radius 3 is 2.42 bits per heavy atom. The van der Waals surface area contributed by atoms with Gasteiger partial charge >= 0.3 is 0 Å². The predicted octanol–water partition coefficient (Wildman–Crippen LogP) is 3.71. The zero-order chi connectivity index (χ0) is 26.5. The lowest BCUT2D eigenvalue weighted by Gasteiger charge is -2.30. The van der Waals surface area contributed by atoms with Gasteiger partial charge in [-0.05, 0) is 24.3 Å². The Kier molecular flexibility index (Phi) is 7.90. The first kappa shape index (κ1) is 25.7. The molecule has 1 fully saturated rings. The average Bonchev–Trinajstić information content (AvgIpc) is 3.63. The fourth-order valence-electron chi connectivity index (χ4n) is 4.72. The summed E-state index contributed by atoms with van der Waals surface area (Å²) in [7, 11) is 0. The van der Waals surface area contributed by atoms with Crippen molar-refractivity contribution < 1.29 is 27.5 Å². The second-order valence-corrected chi connectivity index (χ2v) is 9.16. The maximum absolute atomic E-state index is 14.8. The van der Waals surface area contributed by atoms with E-state index in [9.17, 15) is 18.4 Å². The van der Waals surface area contributed by atoms with Crippen LogP contribution in [0.5, 0.6) is 0 Å². The highest BCUT2D eigenvalue weighted by atomic mass is 19.1. The highest BCUT2D eigenvalue weighted by molar-refractivity contribution is 6.03. The Hall–Kier alpha value is -3.89. The Labute approximate surface area is 219 Å². The van der Waals surface area contributed by atoms with Gasteiger partial charge in [0.05, 0.1) is 31.2 Å². The molecule has 3 aromatic rings. The van der Waals surface area contributed by atoms with Crippen molar-refractivity contribution in [2.45, 2.75) is 12.5 Å². The lowest BCUT2D eigenvalue weighted by molar-refractivity contribution is -0.133. The van der Waals surface area contributed by atoms with Crippen molar-refractivity contribution >= 4 is 17.5 Å². The van der Waals surface area contributed by atoms with E-state index in [2.05, 4.69) is 10.0 Å². The number of carbonyl (C=O) groups excluding carboxylic acids is 2. The van der Waals surface area contributed by atoms with E-state index in [4.69, 9.17) is 9.15 Å². The number of hydrogen-bond acceptors (Lipinski definition) is 6. The Bertz CT molecular complexity index is 1310. The molecule has 1 atom stereocenters. The third kappa shape index (κ3) is 5.66. The third-order valence-electron chi connectivity index (χ3n) is 6.75. The number of ether oxygens (including phenoxy) is 1. The van der Waals surface area contributed by atoms with E-state index >= 15 is 0 Å². The molecule has 2 aliphatic heterocycles. The van der Waals surface area contributed by atoms with Gasteiger partial charge in [-0.3, -0.25) is 14.5 Å². The number of amides is 2. The van der Waals surface area contributed by atoms with Crippen LogP contribution in [0.1, 0.15) is 34.1 Å². The summed E-state index contributed by atoms with van der Waals surface area (Å²) < 4.78 is 40.1. The standard InChI is InChI=1S/C28H28F2N4O4/c29-22-8-3-1-6-20(22)24-18-25(21-7-2-4-9-23(21)30)34(31-24)27(35)19-33(28(36)26-10-5-15-38-26)12-11-32-13-16-37-17-14-32/h1-10,15,25H,11-14,16-19H2/t25-/m0/s1. The molecule has 2 amide bonds. The van der Waals surface area contributed by atoms with Gasteiger partial charge in [-0.25, -0.2) is 13.8 Å². The topological polar surface area (TPSA) is 78.6 Å². The van der Waals surface area contributed by atoms with Gasteiger partial charge < -0.3 is 14.1 Å². The summed E-state index contributed by atoms with van der Waals surface area (Å²) in [6.07, 6.45) is 1.53. The van der Waals surface area contributed by atoms with Gasteiger partial charge in [-0.15, -0.1) is 0 Å². The summed E-state index contributed by atoms with van der Waals surface area (Å²) in [5.41, 5.74) is 0.857. The van der Waals surface area contributed by atoms with E-state index in [1.54, 1.807) is 48.5 Å². The number of hydrogen-bond donors (Lipinski definition) is 0. The summed E-state index contributed by atoms with van der Waals surface area (Å²) >= 11 is 0. The molecule has 10 heteroatoms. The largest absolute Gasteiger partial charge is 0.459 e. The summed E-state index contributed by atoms with van der Waals surface area (Å²) in [4.78, 5) is 30.5. The molecule has 8 nitrogen and oxygen atoms in total. The summed E-state index contributed by atoms with van der Waals surface area (Å²) in [6, 6.07) is 14.7. The molecule has 0 unspecified atom stereocenters. The minimum Gasteiger partial charge on any atom is -0.459 e. The fraction of sp³-hybridized carbons (Fsp3) is 0.321. The van der Waals surface area contributed by atoms with E-state index < -0.39 is 29.5 Å². The maximum Gasteiger partial charge on any atom is 0.290 e. The SMILES string of the molecule is O=C(c1ccco1)N(CCN1CCOCC1)CC(=O)N1N=C(c2ccccc2F)C[C@H]1c1ccccc1F. The quantitative estimate of drug-likeness (QED) is 0.451. The number of halogens is 2. The van der Waals surface area contributed by atoms with Crippen LogP contribution in [0.2, 0.25) is 0 Å². The molecule has 1 saturated heterocycles.